The molecule has 1 aromatic rings. The van der Waals surface area contributed by atoms with Crippen molar-refractivity contribution >= 4 is 11.5 Å². The summed E-state index contributed by atoms with van der Waals surface area (Å²) in [5.74, 6) is -2.88. The van der Waals surface area contributed by atoms with E-state index in [0.29, 0.717) is 0 Å². The minimum Gasteiger partial charge on any atom is -0.379 e. The van der Waals surface area contributed by atoms with Crippen LogP contribution in [0.15, 0.2) is 30.3 Å². The van der Waals surface area contributed by atoms with Crippen LogP contribution in [0.2, 0.25) is 0 Å². The minimum absolute atomic E-state index is 0.101. The zero-order valence-corrected chi connectivity index (χ0v) is 8.60. The molecule has 0 fully saturated rings. The zero-order chi connectivity index (χ0) is 11.3. The van der Waals surface area contributed by atoms with Crippen molar-refractivity contribution in [2.75, 3.05) is 11.9 Å². The van der Waals surface area contributed by atoms with Crippen LogP contribution in [0.4, 0.5) is 5.69 Å². The van der Waals surface area contributed by atoms with E-state index in [1.165, 1.54) is 0 Å². The molecule has 82 valence electrons. The van der Waals surface area contributed by atoms with Gasteiger partial charge in [0.2, 0.25) is 5.79 Å². The molecule has 0 spiro atoms. The van der Waals surface area contributed by atoms with Gasteiger partial charge in [-0.05, 0) is 12.1 Å². The van der Waals surface area contributed by atoms with Crippen LogP contribution in [0.25, 0.3) is 0 Å². The second-order valence-corrected chi connectivity index (χ2v) is 3.31. The predicted molar refractivity (Wildman–Crippen MR) is 57.4 cm³/mol. The maximum atomic E-state index is 11.1. The highest BCUT2D eigenvalue weighted by Gasteiger charge is 2.30. The standard InChI is InChI=1S/C11H15NO3/c1-2-10(13)11(14,15)8-12-9-6-4-3-5-7-9/h3-7,12,14-15H,2,8H2,1H3. The van der Waals surface area contributed by atoms with Crippen LogP contribution in [-0.2, 0) is 4.79 Å². The zero-order valence-electron chi connectivity index (χ0n) is 8.60. The summed E-state index contributed by atoms with van der Waals surface area (Å²) in [6.45, 7) is 1.38. The minimum atomic E-state index is -2.29. The molecule has 1 aromatic carbocycles. The van der Waals surface area contributed by atoms with Gasteiger partial charge in [0.15, 0.2) is 5.78 Å². The Labute approximate surface area is 88.6 Å². The van der Waals surface area contributed by atoms with Gasteiger partial charge in [-0.3, -0.25) is 4.79 Å². The highest BCUT2D eigenvalue weighted by molar-refractivity contribution is 5.85. The van der Waals surface area contributed by atoms with Crippen LogP contribution in [0.3, 0.4) is 0 Å². The summed E-state index contributed by atoms with van der Waals surface area (Å²) in [6.07, 6.45) is 0.101. The molecule has 0 aromatic heterocycles. The molecule has 0 saturated carbocycles. The summed E-state index contributed by atoms with van der Waals surface area (Å²) < 4.78 is 0. The molecule has 0 unspecified atom stereocenters. The normalized spacial score (nSPS) is 11.1. The van der Waals surface area contributed by atoms with Gasteiger partial charge in [-0.15, -0.1) is 0 Å². The molecule has 1 rings (SSSR count). The van der Waals surface area contributed by atoms with Gasteiger partial charge in [0.25, 0.3) is 0 Å². The lowest BCUT2D eigenvalue weighted by atomic mass is 10.1. The van der Waals surface area contributed by atoms with Crippen LogP contribution >= 0.6 is 0 Å². The van der Waals surface area contributed by atoms with Crippen molar-refractivity contribution in [2.24, 2.45) is 0 Å². The van der Waals surface area contributed by atoms with E-state index in [1.54, 1.807) is 19.1 Å². The Morgan fingerprint density at radius 3 is 2.47 bits per heavy atom. The molecule has 0 aliphatic rings. The van der Waals surface area contributed by atoms with E-state index in [9.17, 15) is 15.0 Å². The number of para-hydroxylation sites is 1. The average molecular weight is 209 g/mol. The Morgan fingerprint density at radius 1 is 1.33 bits per heavy atom. The topological polar surface area (TPSA) is 69.6 Å². The smallest absolute Gasteiger partial charge is 0.241 e. The fourth-order valence-electron chi connectivity index (χ4n) is 1.16. The molecule has 4 heteroatoms. The first kappa shape index (κ1) is 11.7. The van der Waals surface area contributed by atoms with Crippen molar-refractivity contribution in [1.29, 1.82) is 0 Å². The largest absolute Gasteiger partial charge is 0.379 e. The van der Waals surface area contributed by atoms with Crippen LogP contribution in [-0.4, -0.2) is 28.3 Å². The molecule has 0 radical (unpaired) electrons. The third-order valence-electron chi connectivity index (χ3n) is 2.08. The van der Waals surface area contributed by atoms with Crippen LogP contribution in [0, 0.1) is 0 Å². The Kier molecular flexibility index (Phi) is 3.82. The fraction of sp³-hybridized carbons (Fsp3) is 0.364. The molecular formula is C11H15NO3. The lowest BCUT2D eigenvalue weighted by molar-refractivity contribution is -0.176. The van der Waals surface area contributed by atoms with Gasteiger partial charge < -0.3 is 15.5 Å². The number of carbonyl (C=O) groups is 1. The molecule has 0 amide bonds. The maximum absolute atomic E-state index is 11.1. The molecule has 0 atom stereocenters. The van der Waals surface area contributed by atoms with E-state index >= 15 is 0 Å². The lowest BCUT2D eigenvalue weighted by Crippen LogP contribution is -2.44. The molecule has 3 N–H and O–H groups in total. The molecule has 4 nitrogen and oxygen atoms in total. The fourth-order valence-corrected chi connectivity index (χ4v) is 1.16. The van der Waals surface area contributed by atoms with E-state index in [2.05, 4.69) is 5.32 Å². The van der Waals surface area contributed by atoms with Gasteiger partial charge >= 0.3 is 0 Å². The molecule has 0 aliphatic carbocycles. The number of rotatable bonds is 5. The Hall–Kier alpha value is -1.39. The number of hydrogen-bond acceptors (Lipinski definition) is 4. The third-order valence-corrected chi connectivity index (χ3v) is 2.08. The quantitative estimate of drug-likeness (QED) is 0.626. The molecule has 0 saturated heterocycles. The van der Waals surface area contributed by atoms with Gasteiger partial charge in [0.1, 0.15) is 0 Å². The molecule has 0 aliphatic heterocycles. The number of nitrogens with one attached hydrogen (secondary N) is 1. The van der Waals surface area contributed by atoms with Gasteiger partial charge in [0.05, 0.1) is 6.54 Å². The van der Waals surface area contributed by atoms with Crippen molar-refractivity contribution < 1.29 is 15.0 Å². The number of Topliss-reactive ketones (excluding diaryl/α,β-unsaturated/α-hetero) is 1. The highest BCUT2D eigenvalue weighted by atomic mass is 16.5. The van der Waals surface area contributed by atoms with Crippen molar-refractivity contribution in [3.8, 4) is 0 Å². The number of benzene rings is 1. The second kappa shape index (κ2) is 4.91. The Bertz CT molecular complexity index is 322. The van der Waals surface area contributed by atoms with Crippen molar-refractivity contribution in [2.45, 2.75) is 19.1 Å². The molecular weight excluding hydrogens is 194 g/mol. The number of anilines is 1. The number of aliphatic hydroxyl groups is 2. The van der Waals surface area contributed by atoms with E-state index < -0.39 is 11.6 Å². The molecule has 15 heavy (non-hydrogen) atoms. The van der Waals surface area contributed by atoms with E-state index in [0.717, 1.165) is 5.69 Å². The summed E-state index contributed by atoms with van der Waals surface area (Å²) in [5, 5.41) is 21.6. The first-order chi connectivity index (χ1) is 7.06. The predicted octanol–water partition coefficient (Wildman–Crippen LogP) is 0.759. The van der Waals surface area contributed by atoms with E-state index in [-0.39, 0.29) is 13.0 Å². The van der Waals surface area contributed by atoms with Crippen molar-refractivity contribution in [3.63, 3.8) is 0 Å². The van der Waals surface area contributed by atoms with Crippen LogP contribution in [0.5, 0.6) is 0 Å². The van der Waals surface area contributed by atoms with Gasteiger partial charge in [-0.2, -0.15) is 0 Å². The van der Waals surface area contributed by atoms with Crippen LogP contribution < -0.4 is 5.32 Å². The van der Waals surface area contributed by atoms with Gasteiger partial charge in [0, 0.05) is 12.1 Å². The van der Waals surface area contributed by atoms with E-state index in [4.69, 9.17) is 0 Å². The summed E-state index contributed by atoms with van der Waals surface area (Å²) in [6, 6.07) is 9.06. The number of carbonyl (C=O) groups excluding carboxylic acids is 1. The van der Waals surface area contributed by atoms with Crippen LogP contribution in [0.1, 0.15) is 13.3 Å². The molecule has 0 bridgehead atoms. The lowest BCUT2D eigenvalue weighted by Gasteiger charge is -2.20. The average Bonchev–Trinajstić information content (AvgIpc) is 2.27. The summed E-state index contributed by atoms with van der Waals surface area (Å²) in [4.78, 5) is 11.1. The number of ketones is 1. The van der Waals surface area contributed by atoms with Gasteiger partial charge in [-0.1, -0.05) is 25.1 Å². The van der Waals surface area contributed by atoms with Gasteiger partial charge in [-0.25, -0.2) is 0 Å². The summed E-state index contributed by atoms with van der Waals surface area (Å²) >= 11 is 0. The summed E-state index contributed by atoms with van der Waals surface area (Å²) in [7, 11) is 0. The summed E-state index contributed by atoms with van der Waals surface area (Å²) in [5.41, 5.74) is 0.744. The SMILES string of the molecule is CCC(=O)C(O)(O)CNc1ccccc1. The maximum Gasteiger partial charge on any atom is 0.241 e. The highest BCUT2D eigenvalue weighted by Crippen LogP contribution is 2.09. The first-order valence-electron chi connectivity index (χ1n) is 4.83. The third kappa shape index (κ3) is 3.34. The van der Waals surface area contributed by atoms with Crippen molar-refractivity contribution in [1.82, 2.24) is 0 Å². The number of hydrogen-bond donors (Lipinski definition) is 3. The molecule has 0 heterocycles. The Morgan fingerprint density at radius 2 is 1.93 bits per heavy atom. The van der Waals surface area contributed by atoms with E-state index in [1.807, 2.05) is 18.2 Å². The van der Waals surface area contributed by atoms with Crippen molar-refractivity contribution in [3.05, 3.63) is 30.3 Å². The monoisotopic (exact) mass is 209 g/mol. The second-order valence-electron chi connectivity index (χ2n) is 3.31. The Balaban J connectivity index is 2.53. The first-order valence-corrected chi connectivity index (χ1v) is 4.83.